The number of rotatable bonds is 10. The van der Waals surface area contributed by atoms with Crippen LogP contribution in [0.2, 0.25) is 0 Å². The van der Waals surface area contributed by atoms with Crippen LogP contribution < -0.4 is 0 Å². The molecule has 5 rings (SSSR count). The molecule has 3 heterocycles. The molecule has 0 aliphatic carbocycles. The fourth-order valence-corrected chi connectivity index (χ4v) is 7.30. The Morgan fingerprint density at radius 1 is 0.977 bits per heavy atom. The van der Waals surface area contributed by atoms with Gasteiger partial charge in [-0.1, -0.05) is 5.21 Å². The van der Waals surface area contributed by atoms with Gasteiger partial charge in [0, 0.05) is 24.3 Å². The molecule has 2 aliphatic rings. The molecule has 224 valence electrons. The van der Waals surface area contributed by atoms with Crippen LogP contribution in [0.4, 0.5) is 11.4 Å². The first-order chi connectivity index (χ1) is 20.3. The number of amides is 1. The van der Waals surface area contributed by atoms with Crippen molar-refractivity contribution >= 4 is 39.1 Å². The summed E-state index contributed by atoms with van der Waals surface area (Å²) in [7, 11) is -4.14. The molecule has 1 amide bonds. The number of non-ortho nitro benzene ring substituents is 2. The SMILES string of the molecule is C[C@]1(Cn2cc(C(=O)OCc3ccc([N+](=O)[O-])cc3)nn2)[C@H](C(=O)OCc2ccc([N+](=O)[O-])cc2)N2C(=O)C[C@@H]2S1(=O)=O. The van der Waals surface area contributed by atoms with Crippen molar-refractivity contribution in [1.29, 1.82) is 0 Å². The summed E-state index contributed by atoms with van der Waals surface area (Å²) in [6.07, 6.45) is 0.831. The fraction of sp³-hybridized carbons (Fsp3) is 0.320. The first-order valence-corrected chi connectivity index (χ1v) is 14.1. The monoisotopic (exact) mass is 614 g/mol. The van der Waals surface area contributed by atoms with E-state index in [0.717, 1.165) is 15.8 Å². The first-order valence-electron chi connectivity index (χ1n) is 12.6. The lowest BCUT2D eigenvalue weighted by Gasteiger charge is -2.36. The molecule has 18 heteroatoms. The van der Waals surface area contributed by atoms with Gasteiger partial charge in [-0.3, -0.25) is 25.0 Å². The molecule has 0 radical (unpaired) electrons. The molecular formula is C25H22N6O11S. The number of hydrogen-bond donors (Lipinski definition) is 0. The van der Waals surface area contributed by atoms with Gasteiger partial charge in [-0.15, -0.1) is 5.10 Å². The largest absolute Gasteiger partial charge is 0.459 e. The van der Waals surface area contributed by atoms with E-state index in [0.29, 0.717) is 11.1 Å². The number of nitro groups is 2. The number of nitrogens with zero attached hydrogens (tertiary/aromatic N) is 6. The van der Waals surface area contributed by atoms with Gasteiger partial charge in [0.1, 0.15) is 23.3 Å². The van der Waals surface area contributed by atoms with Gasteiger partial charge in [0.25, 0.3) is 11.4 Å². The van der Waals surface area contributed by atoms with Crippen molar-refractivity contribution in [3.8, 4) is 0 Å². The molecule has 1 aromatic heterocycles. The van der Waals surface area contributed by atoms with Crippen LogP contribution >= 0.6 is 0 Å². The molecule has 2 aromatic carbocycles. The molecular weight excluding hydrogens is 592 g/mol. The standard InChI is InChI=1S/C25H22N6O11S/c1-25(14-28-11-19(26-27-28)23(33)41-12-15-2-6-17(7-3-15)30(35)36)22(29-20(32)10-21(29)43(25,39)40)24(34)42-13-16-4-8-18(9-5-16)31(37)38/h2-9,11,21-22H,10,12-14H2,1H3/t21-,22-,25-/m0/s1. The lowest BCUT2D eigenvalue weighted by molar-refractivity contribution is -0.385. The molecule has 43 heavy (non-hydrogen) atoms. The van der Waals surface area contributed by atoms with E-state index in [1.54, 1.807) is 0 Å². The topological polar surface area (TPSA) is 224 Å². The van der Waals surface area contributed by atoms with Crippen molar-refractivity contribution < 1.29 is 42.1 Å². The summed E-state index contributed by atoms with van der Waals surface area (Å²) in [6.45, 7) is 0.261. The smallest absolute Gasteiger partial charge is 0.360 e. The molecule has 0 N–H and O–H groups in total. The average molecular weight is 615 g/mol. The van der Waals surface area contributed by atoms with Crippen LogP contribution in [-0.2, 0) is 48.7 Å². The number of sulfone groups is 1. The van der Waals surface area contributed by atoms with E-state index in [4.69, 9.17) is 9.47 Å². The van der Waals surface area contributed by atoms with Crippen LogP contribution in [-0.4, -0.2) is 72.2 Å². The number of ether oxygens (including phenoxy) is 2. The molecule has 3 aromatic rings. The van der Waals surface area contributed by atoms with E-state index in [2.05, 4.69) is 10.3 Å². The van der Waals surface area contributed by atoms with Gasteiger partial charge in [-0.2, -0.15) is 0 Å². The highest BCUT2D eigenvalue weighted by Gasteiger charge is 2.70. The summed E-state index contributed by atoms with van der Waals surface area (Å²) in [4.78, 5) is 59.7. The van der Waals surface area contributed by atoms with Gasteiger partial charge in [0.05, 0.1) is 29.0 Å². The summed E-state index contributed by atoms with van der Waals surface area (Å²) in [5, 5.41) is 28.0. The summed E-state index contributed by atoms with van der Waals surface area (Å²) in [5.74, 6) is -2.45. The Morgan fingerprint density at radius 2 is 1.51 bits per heavy atom. The van der Waals surface area contributed by atoms with Crippen molar-refractivity contribution in [2.75, 3.05) is 0 Å². The Kier molecular flexibility index (Phi) is 7.38. The van der Waals surface area contributed by atoms with Crippen LogP contribution in [0.3, 0.4) is 0 Å². The zero-order valence-corrected chi connectivity index (χ0v) is 23.1. The summed E-state index contributed by atoms with van der Waals surface area (Å²) < 4.78 is 36.7. The zero-order valence-electron chi connectivity index (χ0n) is 22.3. The maximum atomic E-state index is 13.5. The first kappa shape index (κ1) is 29.2. The third-order valence-corrected chi connectivity index (χ3v) is 10.1. The second-order valence-electron chi connectivity index (χ2n) is 10.1. The van der Waals surface area contributed by atoms with Crippen molar-refractivity contribution in [1.82, 2.24) is 19.9 Å². The van der Waals surface area contributed by atoms with Crippen LogP contribution in [0, 0.1) is 20.2 Å². The molecule has 3 atom stereocenters. The van der Waals surface area contributed by atoms with Crippen molar-refractivity contribution in [3.63, 3.8) is 0 Å². The number of hydrogen-bond acceptors (Lipinski definition) is 13. The molecule has 0 unspecified atom stereocenters. The van der Waals surface area contributed by atoms with Gasteiger partial charge in [0.2, 0.25) is 5.91 Å². The number of benzene rings is 2. The van der Waals surface area contributed by atoms with Crippen LogP contribution in [0.15, 0.2) is 54.7 Å². The predicted molar refractivity (Wildman–Crippen MR) is 141 cm³/mol. The molecule has 17 nitrogen and oxygen atoms in total. The number of carbonyl (C=O) groups excluding carboxylic acids is 3. The number of esters is 2. The van der Waals surface area contributed by atoms with E-state index in [1.165, 1.54) is 55.5 Å². The number of β-lactam (4-membered cyclic amide) rings is 1. The van der Waals surface area contributed by atoms with Gasteiger partial charge in [-0.05, 0) is 42.3 Å². The average Bonchev–Trinajstić information content (AvgIpc) is 3.48. The Morgan fingerprint density at radius 3 is 2.02 bits per heavy atom. The third-order valence-electron chi connectivity index (χ3n) is 7.30. The Labute approximate surface area is 242 Å². The van der Waals surface area contributed by atoms with Crippen LogP contribution in [0.1, 0.15) is 35.0 Å². The number of fused-ring (bicyclic) bond motifs is 1. The second-order valence-corrected chi connectivity index (χ2v) is 12.6. The summed E-state index contributed by atoms with van der Waals surface area (Å²) in [5.41, 5.74) is 0.313. The predicted octanol–water partition coefficient (Wildman–Crippen LogP) is 1.31. The molecule has 2 saturated heterocycles. The van der Waals surface area contributed by atoms with E-state index < -0.39 is 60.2 Å². The highest BCUT2D eigenvalue weighted by atomic mass is 32.2. The zero-order chi connectivity index (χ0) is 31.1. The molecule has 2 fully saturated rings. The van der Waals surface area contributed by atoms with Gasteiger partial charge in [0.15, 0.2) is 21.6 Å². The maximum Gasteiger partial charge on any atom is 0.360 e. The molecule has 0 bridgehead atoms. The van der Waals surface area contributed by atoms with E-state index in [-0.39, 0.29) is 36.7 Å². The number of nitro benzene ring substituents is 2. The minimum Gasteiger partial charge on any atom is -0.459 e. The summed E-state index contributed by atoms with van der Waals surface area (Å²) in [6, 6.07) is 9.01. The maximum absolute atomic E-state index is 13.5. The van der Waals surface area contributed by atoms with Gasteiger partial charge >= 0.3 is 11.9 Å². The molecule has 2 aliphatic heterocycles. The quantitative estimate of drug-likeness (QED) is 0.136. The van der Waals surface area contributed by atoms with E-state index in [1.807, 2.05) is 0 Å². The van der Waals surface area contributed by atoms with Gasteiger partial charge < -0.3 is 14.4 Å². The van der Waals surface area contributed by atoms with Crippen LogP contribution in [0.5, 0.6) is 0 Å². The van der Waals surface area contributed by atoms with E-state index >= 15 is 0 Å². The lowest BCUT2D eigenvalue weighted by atomic mass is 9.96. The normalized spacial score (nSPS) is 21.9. The van der Waals surface area contributed by atoms with Crippen LogP contribution in [0.25, 0.3) is 0 Å². The highest BCUT2D eigenvalue weighted by Crippen LogP contribution is 2.47. The van der Waals surface area contributed by atoms with Crippen molar-refractivity contribution in [3.05, 3.63) is 91.8 Å². The highest BCUT2D eigenvalue weighted by molar-refractivity contribution is 7.93. The fourth-order valence-electron chi connectivity index (χ4n) is 4.95. The Balaban J connectivity index is 1.30. The van der Waals surface area contributed by atoms with Gasteiger partial charge in [-0.25, -0.2) is 22.7 Å². The van der Waals surface area contributed by atoms with E-state index in [9.17, 15) is 43.0 Å². The minimum atomic E-state index is -4.14. The summed E-state index contributed by atoms with van der Waals surface area (Å²) >= 11 is 0. The second kappa shape index (κ2) is 10.9. The lowest BCUT2D eigenvalue weighted by Crippen LogP contribution is -2.58. The molecule has 0 spiro atoms. The minimum absolute atomic E-state index is 0.131. The number of carbonyl (C=O) groups is 3. The van der Waals surface area contributed by atoms with Crippen molar-refractivity contribution in [2.24, 2.45) is 0 Å². The Hall–Kier alpha value is -5.26. The molecule has 0 saturated carbocycles. The van der Waals surface area contributed by atoms with Crippen molar-refractivity contribution in [2.45, 2.75) is 49.3 Å². The third kappa shape index (κ3) is 5.27. The Bertz CT molecular complexity index is 1740. The number of aromatic nitrogens is 3.